The molecule has 0 aromatic heterocycles. The molecule has 6 heteroatoms. The molecule has 0 aromatic rings. The molecule has 0 spiro atoms. The maximum Gasteiger partial charge on any atom is 0.320 e. The number of hydrogen-bond donors (Lipinski definition) is 3. The minimum atomic E-state index is -0.938. The van der Waals surface area contributed by atoms with Gasteiger partial charge < -0.3 is 16.4 Å². The van der Waals surface area contributed by atoms with Crippen LogP contribution in [0.4, 0.5) is 9.59 Å². The first-order valence-electron chi connectivity index (χ1n) is 5.40. The third-order valence-electron chi connectivity index (χ3n) is 1.71. The van der Waals surface area contributed by atoms with Gasteiger partial charge in [-0.3, -0.25) is 5.32 Å². The molecule has 96 valence electrons. The number of hydrogen-bond acceptors (Lipinski definition) is 3. The number of imide groups is 1. The zero-order valence-corrected chi connectivity index (χ0v) is 10.5. The van der Waals surface area contributed by atoms with E-state index in [0.717, 1.165) is 0 Å². The van der Waals surface area contributed by atoms with E-state index < -0.39 is 12.1 Å². The van der Waals surface area contributed by atoms with Crippen LogP contribution in [-0.4, -0.2) is 37.6 Å². The van der Waals surface area contributed by atoms with E-state index in [4.69, 9.17) is 0 Å². The van der Waals surface area contributed by atoms with Gasteiger partial charge in [-0.25, -0.2) is 9.59 Å². The maximum atomic E-state index is 9.62. The maximum absolute atomic E-state index is 9.62. The number of carbonyl (C=O) groups is 2. The Kier molecular flexibility index (Phi) is 12.6. The van der Waals surface area contributed by atoms with E-state index in [2.05, 4.69) is 37.4 Å². The summed E-state index contributed by atoms with van der Waals surface area (Å²) in [6.45, 7) is 3.50. The van der Waals surface area contributed by atoms with E-state index in [-0.39, 0.29) is 0 Å². The summed E-state index contributed by atoms with van der Waals surface area (Å²) in [7, 11) is 4.26. The van der Waals surface area contributed by atoms with Crippen molar-refractivity contribution in [2.45, 2.75) is 32.6 Å². The third-order valence-corrected chi connectivity index (χ3v) is 1.71. The number of unbranched alkanes of at least 4 members (excludes halogenated alkanes) is 3. The van der Waals surface area contributed by atoms with Crippen molar-refractivity contribution in [3.8, 4) is 0 Å². The van der Waals surface area contributed by atoms with Crippen LogP contribution in [-0.2, 0) is 0 Å². The fourth-order valence-corrected chi connectivity index (χ4v) is 0.976. The summed E-state index contributed by atoms with van der Waals surface area (Å²) in [4.78, 5) is 21.5. The molecule has 0 radical (unpaired) electrons. The van der Waals surface area contributed by atoms with Crippen molar-refractivity contribution in [1.29, 1.82) is 0 Å². The number of nitrogens with zero attached hydrogens (tertiary/aromatic N) is 1. The Hall–Kier alpha value is -1.30. The highest BCUT2D eigenvalue weighted by molar-refractivity contribution is 5.91. The Morgan fingerprint density at radius 2 is 1.56 bits per heavy atom. The molecule has 0 aliphatic heterocycles. The molecular weight excluding hydrogens is 208 g/mol. The minimum absolute atomic E-state index is 0.937. The van der Waals surface area contributed by atoms with E-state index in [0.29, 0.717) is 0 Å². The first kappa shape index (κ1) is 17.1. The van der Waals surface area contributed by atoms with E-state index in [1.165, 1.54) is 32.2 Å². The molecule has 6 nitrogen and oxygen atoms in total. The highest BCUT2D eigenvalue weighted by atomic mass is 16.2. The van der Waals surface area contributed by atoms with Crippen molar-refractivity contribution in [3.63, 3.8) is 0 Å². The lowest BCUT2D eigenvalue weighted by atomic mass is 10.2. The third kappa shape index (κ3) is 23.0. The average molecular weight is 232 g/mol. The second kappa shape index (κ2) is 11.8. The Labute approximate surface area is 97.3 Å². The predicted octanol–water partition coefficient (Wildman–Crippen LogP) is 0.862. The van der Waals surface area contributed by atoms with Gasteiger partial charge in [0.1, 0.15) is 0 Å². The van der Waals surface area contributed by atoms with Crippen LogP contribution in [0.3, 0.4) is 0 Å². The van der Waals surface area contributed by atoms with Crippen LogP contribution in [0.15, 0.2) is 0 Å². The summed E-state index contributed by atoms with van der Waals surface area (Å²) in [6, 6.07) is -1.88. The number of nitrogens with one attached hydrogen (secondary N) is 1. The SMILES string of the molecule is CCCCCCN(C)C.NC(=O)NC(N)=O. The van der Waals surface area contributed by atoms with Gasteiger partial charge in [-0.05, 0) is 27.1 Å². The van der Waals surface area contributed by atoms with Crippen molar-refractivity contribution in [1.82, 2.24) is 10.2 Å². The fourth-order valence-electron chi connectivity index (χ4n) is 0.976. The molecular formula is C10H24N4O2. The van der Waals surface area contributed by atoms with Gasteiger partial charge in [0.2, 0.25) is 0 Å². The second-order valence-electron chi connectivity index (χ2n) is 3.72. The summed E-state index contributed by atoms with van der Waals surface area (Å²) < 4.78 is 0. The van der Waals surface area contributed by atoms with Gasteiger partial charge >= 0.3 is 12.1 Å². The van der Waals surface area contributed by atoms with Crippen LogP contribution in [0.5, 0.6) is 0 Å². The Morgan fingerprint density at radius 1 is 1.06 bits per heavy atom. The van der Waals surface area contributed by atoms with Crippen LogP contribution in [0, 0.1) is 0 Å². The standard InChI is InChI=1S/C8H19N.C2H5N3O2/c1-4-5-6-7-8-9(2)3;3-1(6)5-2(4)7/h4-8H2,1-3H3;(H5,3,4,5,6,7). The highest BCUT2D eigenvalue weighted by Crippen LogP contribution is 1.98. The Balaban J connectivity index is 0. The molecule has 0 aromatic carbocycles. The van der Waals surface area contributed by atoms with E-state index in [1.54, 1.807) is 5.32 Å². The first-order chi connectivity index (χ1) is 7.40. The normalized spacial score (nSPS) is 9.25. The number of carbonyl (C=O) groups excluding carboxylic acids is 2. The molecule has 0 fully saturated rings. The average Bonchev–Trinajstić information content (AvgIpc) is 2.11. The molecule has 0 aliphatic carbocycles. The van der Waals surface area contributed by atoms with Crippen LogP contribution in [0.2, 0.25) is 0 Å². The molecule has 4 amide bonds. The molecule has 0 aliphatic rings. The molecule has 16 heavy (non-hydrogen) atoms. The molecule has 0 saturated carbocycles. The van der Waals surface area contributed by atoms with E-state index in [9.17, 15) is 9.59 Å². The number of nitrogens with two attached hydrogens (primary N) is 2. The molecule has 0 unspecified atom stereocenters. The van der Waals surface area contributed by atoms with Crippen LogP contribution >= 0.6 is 0 Å². The lowest BCUT2D eigenvalue weighted by molar-refractivity contribution is 0.236. The highest BCUT2D eigenvalue weighted by Gasteiger charge is 1.92. The number of rotatable bonds is 5. The zero-order chi connectivity index (χ0) is 13.0. The van der Waals surface area contributed by atoms with Crippen LogP contribution in [0.1, 0.15) is 32.6 Å². The number of urea groups is 2. The van der Waals surface area contributed by atoms with Crippen molar-refractivity contribution in [2.75, 3.05) is 20.6 Å². The van der Waals surface area contributed by atoms with E-state index >= 15 is 0 Å². The lowest BCUT2D eigenvalue weighted by Crippen LogP contribution is -2.38. The minimum Gasteiger partial charge on any atom is -0.351 e. The summed E-state index contributed by atoms with van der Waals surface area (Å²) in [6.07, 6.45) is 5.50. The van der Waals surface area contributed by atoms with Gasteiger partial charge in [-0.15, -0.1) is 0 Å². The lowest BCUT2D eigenvalue weighted by Gasteiger charge is -2.07. The van der Waals surface area contributed by atoms with Crippen molar-refractivity contribution in [3.05, 3.63) is 0 Å². The summed E-state index contributed by atoms with van der Waals surface area (Å²) in [5.74, 6) is 0. The van der Waals surface area contributed by atoms with Gasteiger partial charge in [-0.1, -0.05) is 26.2 Å². The summed E-state index contributed by atoms with van der Waals surface area (Å²) >= 11 is 0. The van der Waals surface area contributed by atoms with E-state index in [1.807, 2.05) is 0 Å². The predicted molar refractivity (Wildman–Crippen MR) is 65.0 cm³/mol. The number of amides is 4. The molecule has 0 heterocycles. The van der Waals surface area contributed by atoms with Crippen LogP contribution < -0.4 is 16.8 Å². The van der Waals surface area contributed by atoms with Gasteiger partial charge in [0, 0.05) is 0 Å². The summed E-state index contributed by atoms with van der Waals surface area (Å²) in [5.41, 5.74) is 8.88. The van der Waals surface area contributed by atoms with Gasteiger partial charge in [0.25, 0.3) is 0 Å². The molecule has 5 N–H and O–H groups in total. The Morgan fingerprint density at radius 3 is 1.81 bits per heavy atom. The molecule has 0 saturated heterocycles. The van der Waals surface area contributed by atoms with Crippen molar-refractivity contribution >= 4 is 12.1 Å². The van der Waals surface area contributed by atoms with Crippen LogP contribution in [0.25, 0.3) is 0 Å². The van der Waals surface area contributed by atoms with Gasteiger partial charge in [-0.2, -0.15) is 0 Å². The smallest absolute Gasteiger partial charge is 0.320 e. The first-order valence-corrected chi connectivity index (χ1v) is 5.40. The largest absolute Gasteiger partial charge is 0.351 e. The molecule has 0 atom stereocenters. The van der Waals surface area contributed by atoms with Gasteiger partial charge in [0.15, 0.2) is 0 Å². The monoisotopic (exact) mass is 232 g/mol. The molecule has 0 rings (SSSR count). The zero-order valence-electron chi connectivity index (χ0n) is 10.5. The van der Waals surface area contributed by atoms with Crippen molar-refractivity contribution < 1.29 is 9.59 Å². The quantitative estimate of drug-likeness (QED) is 0.613. The fraction of sp³-hybridized carbons (Fsp3) is 0.800. The number of primary amides is 2. The van der Waals surface area contributed by atoms with Crippen molar-refractivity contribution in [2.24, 2.45) is 11.5 Å². The topological polar surface area (TPSA) is 101 Å². The second-order valence-corrected chi connectivity index (χ2v) is 3.72. The Bertz CT molecular complexity index is 183. The van der Waals surface area contributed by atoms with Gasteiger partial charge in [0.05, 0.1) is 0 Å². The summed E-state index contributed by atoms with van der Waals surface area (Å²) in [5, 5.41) is 1.58. The molecule has 0 bridgehead atoms.